The van der Waals surface area contributed by atoms with Crippen LogP contribution in [-0.4, -0.2) is 18.9 Å². The van der Waals surface area contributed by atoms with Crippen LogP contribution in [0.4, 0.5) is 0 Å². The van der Waals surface area contributed by atoms with Crippen molar-refractivity contribution in [3.8, 4) is 0 Å². The van der Waals surface area contributed by atoms with Crippen LogP contribution in [0.2, 0.25) is 0 Å². The lowest BCUT2D eigenvalue weighted by molar-refractivity contribution is -0.153. The van der Waals surface area contributed by atoms with Gasteiger partial charge in [0.25, 0.3) is 0 Å². The number of Topliss-reactive ketones (excluding diaryl/α,β-unsaturated/α-hetero) is 1. The monoisotopic (exact) mass is 404 g/mol. The van der Waals surface area contributed by atoms with Gasteiger partial charge < -0.3 is 4.74 Å². The minimum Gasteiger partial charge on any atom is -0.469 e. The van der Waals surface area contributed by atoms with Crippen molar-refractivity contribution in [2.24, 2.45) is 40.4 Å². The molecule has 166 valence electrons. The Balaban J connectivity index is 0.00000117. The number of hydrogen-bond acceptors (Lipinski definition) is 3. The first-order valence-electron chi connectivity index (χ1n) is 12.5. The quantitative estimate of drug-likeness (QED) is 0.497. The van der Waals surface area contributed by atoms with Gasteiger partial charge in [-0.05, 0) is 85.9 Å². The predicted molar refractivity (Wildman–Crippen MR) is 117 cm³/mol. The Labute approximate surface area is 178 Å². The first-order chi connectivity index (χ1) is 13.9. The Morgan fingerprint density at radius 2 is 1.72 bits per heavy atom. The minimum absolute atomic E-state index is 0.0763. The molecule has 0 aliphatic heterocycles. The lowest BCUT2D eigenvalue weighted by Gasteiger charge is -2.59. The maximum atomic E-state index is 13.1. The highest BCUT2D eigenvalue weighted by atomic mass is 16.5. The highest BCUT2D eigenvalue weighted by Gasteiger charge is 2.61. The molecule has 0 aromatic heterocycles. The van der Waals surface area contributed by atoms with Gasteiger partial charge in [-0.1, -0.05) is 40.5 Å². The van der Waals surface area contributed by atoms with Gasteiger partial charge in [0.05, 0.1) is 7.11 Å². The number of hydrogen-bond donors (Lipinski definition) is 0. The predicted octanol–water partition coefficient (Wildman–Crippen LogP) is 6.58. The number of esters is 1. The third-order valence-corrected chi connectivity index (χ3v) is 9.72. The van der Waals surface area contributed by atoms with Gasteiger partial charge in [-0.2, -0.15) is 0 Å². The molecule has 4 aliphatic carbocycles. The molecule has 0 bridgehead atoms. The third kappa shape index (κ3) is 3.92. The molecular weight excluding hydrogens is 360 g/mol. The highest BCUT2D eigenvalue weighted by molar-refractivity contribution is 5.83. The second kappa shape index (κ2) is 9.10. The molecule has 3 nitrogen and oxygen atoms in total. The standard InChI is InChI=1S/C24H38O3.C2H6/c1-23-14-12-19-17(15-21(25)20-8-4-5-13-24(19,20)2)18(23)11-10-16(23)7-6-9-22(26)27-3;1-2/h16-20H,4-15H2,1-3H3;1-2H3. The second-order valence-electron chi connectivity index (χ2n) is 10.6. The Morgan fingerprint density at radius 3 is 2.45 bits per heavy atom. The number of rotatable bonds is 4. The van der Waals surface area contributed by atoms with Crippen molar-refractivity contribution in [3.63, 3.8) is 0 Å². The summed E-state index contributed by atoms with van der Waals surface area (Å²) < 4.78 is 4.81. The normalized spacial score (nSPS) is 43.3. The fraction of sp³-hybridized carbons (Fsp3) is 0.923. The van der Waals surface area contributed by atoms with Crippen molar-refractivity contribution in [2.75, 3.05) is 7.11 Å². The molecule has 3 heteroatoms. The summed E-state index contributed by atoms with van der Waals surface area (Å²) in [6, 6.07) is 0. The molecule has 29 heavy (non-hydrogen) atoms. The summed E-state index contributed by atoms with van der Waals surface area (Å²) in [4.78, 5) is 24.6. The lowest BCUT2D eigenvalue weighted by Crippen LogP contribution is -2.55. The Hall–Kier alpha value is -0.860. The first-order valence-corrected chi connectivity index (χ1v) is 12.5. The van der Waals surface area contributed by atoms with Crippen LogP contribution in [0, 0.1) is 40.4 Å². The fourth-order valence-corrected chi connectivity index (χ4v) is 8.27. The van der Waals surface area contributed by atoms with Gasteiger partial charge in [0.2, 0.25) is 0 Å². The van der Waals surface area contributed by atoms with Crippen molar-refractivity contribution in [1.29, 1.82) is 0 Å². The zero-order valence-electron chi connectivity index (χ0n) is 19.6. The molecule has 0 aromatic rings. The first kappa shape index (κ1) is 22.8. The molecule has 0 amide bonds. The van der Waals surface area contributed by atoms with E-state index in [2.05, 4.69) is 13.8 Å². The highest BCUT2D eigenvalue weighted by Crippen LogP contribution is 2.67. The third-order valence-electron chi connectivity index (χ3n) is 9.72. The maximum Gasteiger partial charge on any atom is 0.305 e. The molecular formula is C26H44O3. The average molecular weight is 405 g/mol. The summed E-state index contributed by atoms with van der Waals surface area (Å²) in [6.07, 6.45) is 13.8. The molecule has 0 radical (unpaired) electrons. The molecule has 4 rings (SSSR count). The van der Waals surface area contributed by atoms with E-state index in [4.69, 9.17) is 4.74 Å². The van der Waals surface area contributed by atoms with Crippen molar-refractivity contribution in [2.45, 2.75) is 105 Å². The number of carbonyl (C=O) groups is 2. The van der Waals surface area contributed by atoms with Gasteiger partial charge in [-0.3, -0.25) is 9.59 Å². The van der Waals surface area contributed by atoms with E-state index >= 15 is 0 Å². The van der Waals surface area contributed by atoms with Crippen LogP contribution in [0.5, 0.6) is 0 Å². The van der Waals surface area contributed by atoms with E-state index in [0.717, 1.165) is 43.4 Å². The van der Waals surface area contributed by atoms with Gasteiger partial charge in [0.1, 0.15) is 5.78 Å². The van der Waals surface area contributed by atoms with Gasteiger partial charge in [0.15, 0.2) is 0 Å². The second-order valence-corrected chi connectivity index (χ2v) is 10.6. The molecule has 0 heterocycles. The molecule has 0 spiro atoms. The zero-order valence-corrected chi connectivity index (χ0v) is 19.6. The molecule has 4 aliphatic rings. The topological polar surface area (TPSA) is 43.4 Å². The van der Waals surface area contributed by atoms with Gasteiger partial charge in [-0.15, -0.1) is 0 Å². The van der Waals surface area contributed by atoms with E-state index in [9.17, 15) is 9.59 Å². The van der Waals surface area contributed by atoms with Gasteiger partial charge in [-0.25, -0.2) is 0 Å². The number of fused-ring (bicyclic) bond motifs is 5. The van der Waals surface area contributed by atoms with Crippen LogP contribution in [0.25, 0.3) is 0 Å². The fourth-order valence-electron chi connectivity index (χ4n) is 8.27. The molecule has 0 aromatic carbocycles. The van der Waals surface area contributed by atoms with E-state index in [1.807, 2.05) is 13.8 Å². The average Bonchev–Trinajstić information content (AvgIpc) is 3.06. The van der Waals surface area contributed by atoms with Crippen LogP contribution >= 0.6 is 0 Å². The number of methoxy groups -OCH3 is 1. The summed E-state index contributed by atoms with van der Waals surface area (Å²) >= 11 is 0. The molecule has 7 unspecified atom stereocenters. The molecule has 4 fully saturated rings. The van der Waals surface area contributed by atoms with E-state index in [0.29, 0.717) is 29.5 Å². The Kier molecular flexibility index (Phi) is 7.16. The molecule has 4 saturated carbocycles. The Bertz CT molecular complexity index is 599. The van der Waals surface area contributed by atoms with Gasteiger partial charge in [0, 0.05) is 18.8 Å². The summed E-state index contributed by atoms with van der Waals surface area (Å²) in [5, 5.41) is 0. The van der Waals surface area contributed by atoms with E-state index in [1.165, 1.54) is 52.1 Å². The Morgan fingerprint density at radius 1 is 1.00 bits per heavy atom. The lowest BCUT2D eigenvalue weighted by atomic mass is 9.44. The van der Waals surface area contributed by atoms with Crippen molar-refractivity contribution in [1.82, 2.24) is 0 Å². The number of carbonyl (C=O) groups excluding carboxylic acids is 2. The van der Waals surface area contributed by atoms with Crippen LogP contribution < -0.4 is 0 Å². The SMILES string of the molecule is CC.COC(=O)CCCC1CCC2C3CC(=O)C4CCCCC4(C)C3CCC12C. The van der Waals surface area contributed by atoms with Crippen molar-refractivity contribution < 1.29 is 14.3 Å². The zero-order chi connectivity index (χ0) is 21.2. The number of ether oxygens (including phenoxy) is 1. The summed E-state index contributed by atoms with van der Waals surface area (Å²) in [6.45, 7) is 8.99. The summed E-state index contributed by atoms with van der Waals surface area (Å²) in [7, 11) is 1.48. The van der Waals surface area contributed by atoms with Crippen molar-refractivity contribution in [3.05, 3.63) is 0 Å². The van der Waals surface area contributed by atoms with Crippen molar-refractivity contribution >= 4 is 11.8 Å². The minimum atomic E-state index is -0.0763. The maximum absolute atomic E-state index is 13.1. The molecule has 0 saturated heterocycles. The van der Waals surface area contributed by atoms with E-state index < -0.39 is 0 Å². The van der Waals surface area contributed by atoms with Crippen LogP contribution in [0.1, 0.15) is 105 Å². The number of ketones is 1. The summed E-state index contributed by atoms with van der Waals surface area (Å²) in [5.41, 5.74) is 0.665. The largest absolute Gasteiger partial charge is 0.469 e. The van der Waals surface area contributed by atoms with E-state index in [-0.39, 0.29) is 11.4 Å². The van der Waals surface area contributed by atoms with Gasteiger partial charge >= 0.3 is 5.97 Å². The molecule has 0 N–H and O–H groups in total. The smallest absolute Gasteiger partial charge is 0.305 e. The van der Waals surface area contributed by atoms with E-state index in [1.54, 1.807) is 0 Å². The van der Waals surface area contributed by atoms with Crippen LogP contribution in [0.3, 0.4) is 0 Å². The molecule has 7 atom stereocenters. The van der Waals surface area contributed by atoms with Crippen LogP contribution in [-0.2, 0) is 14.3 Å². The van der Waals surface area contributed by atoms with Crippen LogP contribution in [0.15, 0.2) is 0 Å². The summed E-state index contributed by atoms with van der Waals surface area (Å²) in [5.74, 6) is 3.72.